The number of nitrogens with two attached hydrogens (primary N) is 1. The highest BCUT2D eigenvalue weighted by Gasteiger charge is 2.33. The summed E-state index contributed by atoms with van der Waals surface area (Å²) in [6, 6.07) is 14.4. The molecule has 1 aliphatic rings. The minimum Gasteiger partial charge on any atom is -0.321 e. The maximum atomic E-state index is 13.3. The first-order valence-electron chi connectivity index (χ1n) is 8.53. The lowest BCUT2D eigenvalue weighted by atomic mass is 10.1. The van der Waals surface area contributed by atoms with E-state index in [-0.39, 0.29) is 18.0 Å². The molecule has 0 radical (unpaired) electrons. The van der Waals surface area contributed by atoms with Gasteiger partial charge in [0.25, 0.3) is 5.56 Å². The van der Waals surface area contributed by atoms with E-state index in [0.29, 0.717) is 33.4 Å². The standard InChI is InChI=1S/C20H17ClN4O/c21-15-5-2-6-16-17(15)20(26)25(19(24-16)18(23)13-7-8-13)14-4-1-3-12(11-14)9-10-22/h1-6,11,13,18H,7-9,23H2. The molecule has 1 aromatic heterocycles. The van der Waals surface area contributed by atoms with E-state index in [4.69, 9.17) is 27.6 Å². The van der Waals surface area contributed by atoms with Crippen LogP contribution >= 0.6 is 11.6 Å². The Balaban J connectivity index is 2.02. The first-order chi connectivity index (χ1) is 12.6. The first-order valence-corrected chi connectivity index (χ1v) is 8.91. The van der Waals surface area contributed by atoms with E-state index in [9.17, 15) is 4.79 Å². The molecule has 2 aromatic carbocycles. The monoisotopic (exact) mass is 364 g/mol. The van der Waals surface area contributed by atoms with Gasteiger partial charge in [0.2, 0.25) is 0 Å². The molecule has 130 valence electrons. The van der Waals surface area contributed by atoms with Crippen molar-refractivity contribution in [2.75, 3.05) is 0 Å². The van der Waals surface area contributed by atoms with Crippen molar-refractivity contribution in [2.24, 2.45) is 11.7 Å². The quantitative estimate of drug-likeness (QED) is 0.767. The Morgan fingerprint density at radius 2 is 2.08 bits per heavy atom. The van der Waals surface area contributed by atoms with Crippen molar-refractivity contribution < 1.29 is 0 Å². The maximum absolute atomic E-state index is 13.3. The third-order valence-electron chi connectivity index (χ3n) is 4.75. The molecule has 5 nitrogen and oxygen atoms in total. The van der Waals surface area contributed by atoms with Crippen molar-refractivity contribution in [2.45, 2.75) is 25.3 Å². The summed E-state index contributed by atoms with van der Waals surface area (Å²) in [5.41, 5.74) is 8.23. The molecule has 0 saturated heterocycles. The minimum atomic E-state index is -0.314. The number of hydrogen-bond donors (Lipinski definition) is 1. The zero-order valence-corrected chi connectivity index (χ0v) is 14.8. The Labute approximate surface area is 155 Å². The molecule has 1 aliphatic carbocycles. The number of nitriles is 1. The van der Waals surface area contributed by atoms with Crippen molar-refractivity contribution >= 4 is 22.5 Å². The van der Waals surface area contributed by atoms with Gasteiger partial charge in [-0.15, -0.1) is 0 Å². The van der Waals surface area contributed by atoms with Crippen molar-refractivity contribution in [3.63, 3.8) is 0 Å². The molecule has 2 N–H and O–H groups in total. The number of aromatic nitrogens is 2. The van der Waals surface area contributed by atoms with Crippen LogP contribution in [0.3, 0.4) is 0 Å². The van der Waals surface area contributed by atoms with Crippen molar-refractivity contribution in [3.05, 3.63) is 69.2 Å². The first kappa shape index (κ1) is 16.8. The Hall–Kier alpha value is -2.68. The van der Waals surface area contributed by atoms with Gasteiger partial charge >= 0.3 is 0 Å². The molecule has 0 spiro atoms. The summed E-state index contributed by atoms with van der Waals surface area (Å²) in [4.78, 5) is 18.0. The fraction of sp³-hybridized carbons (Fsp3) is 0.250. The predicted molar refractivity (Wildman–Crippen MR) is 101 cm³/mol. The van der Waals surface area contributed by atoms with Gasteiger partial charge in [-0.2, -0.15) is 5.26 Å². The normalized spacial score (nSPS) is 15.0. The number of fused-ring (bicyclic) bond motifs is 1. The van der Waals surface area contributed by atoms with Crippen molar-refractivity contribution in [1.82, 2.24) is 9.55 Å². The molecule has 26 heavy (non-hydrogen) atoms. The summed E-state index contributed by atoms with van der Waals surface area (Å²) in [7, 11) is 0. The van der Waals surface area contributed by atoms with Crippen LogP contribution in [-0.2, 0) is 6.42 Å². The molecule has 3 aromatic rings. The van der Waals surface area contributed by atoms with Crippen LogP contribution in [-0.4, -0.2) is 9.55 Å². The van der Waals surface area contributed by atoms with E-state index in [0.717, 1.165) is 18.4 Å². The van der Waals surface area contributed by atoms with Gasteiger partial charge in [-0.3, -0.25) is 9.36 Å². The Kier molecular flexibility index (Phi) is 4.23. The van der Waals surface area contributed by atoms with Gasteiger partial charge in [0, 0.05) is 0 Å². The van der Waals surface area contributed by atoms with E-state index in [1.165, 1.54) is 0 Å². The number of halogens is 1. The molecule has 0 aliphatic heterocycles. The smallest absolute Gasteiger partial charge is 0.267 e. The lowest BCUT2D eigenvalue weighted by molar-refractivity contribution is 0.574. The second-order valence-corrected chi connectivity index (χ2v) is 7.02. The zero-order valence-electron chi connectivity index (χ0n) is 14.0. The lowest BCUT2D eigenvalue weighted by Crippen LogP contribution is -2.29. The second-order valence-electron chi connectivity index (χ2n) is 6.61. The number of nitrogens with zero attached hydrogens (tertiary/aromatic N) is 3. The molecule has 1 saturated carbocycles. The number of benzene rings is 2. The largest absolute Gasteiger partial charge is 0.321 e. The van der Waals surface area contributed by atoms with Gasteiger partial charge in [0.05, 0.1) is 40.1 Å². The Morgan fingerprint density at radius 3 is 2.81 bits per heavy atom. The average molecular weight is 365 g/mol. The van der Waals surface area contributed by atoms with E-state index < -0.39 is 0 Å². The molecular weight excluding hydrogens is 348 g/mol. The summed E-state index contributed by atoms with van der Waals surface area (Å²) in [5.74, 6) is 0.883. The Morgan fingerprint density at radius 1 is 1.31 bits per heavy atom. The van der Waals surface area contributed by atoms with Gasteiger partial charge in [0.1, 0.15) is 5.82 Å². The van der Waals surface area contributed by atoms with Gasteiger partial charge in [-0.1, -0.05) is 29.8 Å². The summed E-state index contributed by atoms with van der Waals surface area (Å²) >= 11 is 6.28. The van der Waals surface area contributed by atoms with Crippen LogP contribution < -0.4 is 11.3 Å². The highest BCUT2D eigenvalue weighted by molar-refractivity contribution is 6.35. The summed E-state index contributed by atoms with van der Waals surface area (Å²) in [6.07, 6.45) is 2.35. The molecule has 0 bridgehead atoms. The van der Waals surface area contributed by atoms with E-state index >= 15 is 0 Å². The molecule has 4 rings (SSSR count). The van der Waals surface area contributed by atoms with Crippen molar-refractivity contribution in [3.8, 4) is 11.8 Å². The van der Waals surface area contributed by atoms with Crippen LogP contribution in [0.15, 0.2) is 47.3 Å². The summed E-state index contributed by atoms with van der Waals surface area (Å²) in [5, 5.41) is 9.72. The zero-order chi connectivity index (χ0) is 18.3. The highest BCUT2D eigenvalue weighted by Crippen LogP contribution is 2.39. The van der Waals surface area contributed by atoms with Gasteiger partial charge in [-0.05, 0) is 48.6 Å². The molecular formula is C20H17ClN4O. The topological polar surface area (TPSA) is 84.7 Å². The van der Waals surface area contributed by atoms with Crippen LogP contribution in [0.25, 0.3) is 16.6 Å². The minimum absolute atomic E-state index is 0.235. The van der Waals surface area contributed by atoms with Crippen molar-refractivity contribution in [1.29, 1.82) is 5.26 Å². The van der Waals surface area contributed by atoms with Gasteiger partial charge in [0.15, 0.2) is 0 Å². The van der Waals surface area contributed by atoms with Gasteiger partial charge < -0.3 is 5.73 Å². The lowest BCUT2D eigenvalue weighted by Gasteiger charge is -2.19. The molecule has 1 heterocycles. The molecule has 1 fully saturated rings. The molecule has 1 unspecified atom stereocenters. The molecule has 6 heteroatoms. The summed E-state index contributed by atoms with van der Waals surface area (Å²) in [6.45, 7) is 0. The van der Waals surface area contributed by atoms with Crippen LogP contribution in [0.4, 0.5) is 0 Å². The van der Waals surface area contributed by atoms with Crippen LogP contribution in [0.2, 0.25) is 5.02 Å². The number of hydrogen-bond acceptors (Lipinski definition) is 4. The summed E-state index contributed by atoms with van der Waals surface area (Å²) < 4.78 is 1.55. The molecule has 0 amide bonds. The SMILES string of the molecule is N#CCc1cccc(-n2c(C(N)C3CC3)nc3cccc(Cl)c3c2=O)c1. The molecule has 1 atom stereocenters. The van der Waals surface area contributed by atoms with E-state index in [2.05, 4.69) is 6.07 Å². The fourth-order valence-electron chi connectivity index (χ4n) is 3.24. The third kappa shape index (κ3) is 2.88. The van der Waals surface area contributed by atoms with Crippen LogP contribution in [0.5, 0.6) is 0 Å². The third-order valence-corrected chi connectivity index (χ3v) is 5.07. The highest BCUT2D eigenvalue weighted by atomic mass is 35.5. The Bertz CT molecular complexity index is 1100. The van der Waals surface area contributed by atoms with Crippen LogP contribution in [0, 0.1) is 17.2 Å². The van der Waals surface area contributed by atoms with Crippen LogP contribution in [0.1, 0.15) is 30.3 Å². The fourth-order valence-corrected chi connectivity index (χ4v) is 3.49. The average Bonchev–Trinajstić information content (AvgIpc) is 3.46. The number of rotatable bonds is 4. The second kappa shape index (κ2) is 6.56. The predicted octanol–water partition coefficient (Wildman–Crippen LogP) is 3.51. The van der Waals surface area contributed by atoms with E-state index in [1.54, 1.807) is 22.8 Å². The van der Waals surface area contributed by atoms with Gasteiger partial charge in [-0.25, -0.2) is 4.98 Å². The maximum Gasteiger partial charge on any atom is 0.267 e. The van der Waals surface area contributed by atoms with E-state index in [1.807, 2.05) is 24.3 Å².